The third-order valence-electron chi connectivity index (χ3n) is 3.88. The summed E-state index contributed by atoms with van der Waals surface area (Å²) in [4.78, 5) is 16.4. The summed E-state index contributed by atoms with van der Waals surface area (Å²) in [6.07, 6.45) is 2.48. The summed E-state index contributed by atoms with van der Waals surface area (Å²) in [7, 11) is 1.56. The van der Waals surface area contributed by atoms with Gasteiger partial charge in [0, 0.05) is 13.2 Å². The Morgan fingerprint density at radius 3 is 3.08 bits per heavy atom. The van der Waals surface area contributed by atoms with Crippen LogP contribution < -0.4 is 15.4 Å². The van der Waals surface area contributed by atoms with Gasteiger partial charge in [0.25, 0.3) is 0 Å². The van der Waals surface area contributed by atoms with Crippen LogP contribution in [0.25, 0.3) is 0 Å². The summed E-state index contributed by atoms with van der Waals surface area (Å²) in [6.45, 7) is 2.05. The molecule has 1 fully saturated rings. The van der Waals surface area contributed by atoms with Crippen molar-refractivity contribution in [2.75, 3.05) is 25.6 Å². The van der Waals surface area contributed by atoms with Crippen LogP contribution in [0.3, 0.4) is 0 Å². The number of hydrogen-bond acceptors (Lipinski definition) is 7. The minimum atomic E-state index is -0.232. The minimum absolute atomic E-state index is 0.0350. The van der Waals surface area contributed by atoms with E-state index in [2.05, 4.69) is 20.8 Å². The van der Waals surface area contributed by atoms with E-state index in [9.17, 15) is 4.79 Å². The minimum Gasteiger partial charge on any atom is -0.495 e. The van der Waals surface area contributed by atoms with Crippen LogP contribution in [0.15, 0.2) is 28.8 Å². The Bertz CT molecular complexity index is 697. The second kappa shape index (κ2) is 8.59. The fourth-order valence-electron chi connectivity index (χ4n) is 2.67. The van der Waals surface area contributed by atoms with Crippen LogP contribution in [0.5, 0.6) is 5.75 Å². The van der Waals surface area contributed by atoms with Crippen molar-refractivity contribution in [3.8, 4) is 5.75 Å². The van der Waals surface area contributed by atoms with Crippen molar-refractivity contribution >= 4 is 11.6 Å². The zero-order valence-corrected chi connectivity index (χ0v) is 14.2. The molecule has 2 heterocycles. The molecule has 1 aromatic heterocycles. The Morgan fingerprint density at radius 2 is 2.28 bits per heavy atom. The Morgan fingerprint density at radius 1 is 1.40 bits per heavy atom. The maximum Gasteiger partial charge on any atom is 0.240 e. The zero-order valence-electron chi connectivity index (χ0n) is 14.2. The van der Waals surface area contributed by atoms with E-state index >= 15 is 0 Å². The van der Waals surface area contributed by atoms with Gasteiger partial charge in [-0.3, -0.25) is 4.79 Å². The third kappa shape index (κ3) is 5.01. The predicted molar refractivity (Wildman–Crippen MR) is 90.3 cm³/mol. The normalized spacial score (nSPS) is 16.8. The highest BCUT2D eigenvalue weighted by molar-refractivity contribution is 5.93. The van der Waals surface area contributed by atoms with Gasteiger partial charge in [-0.1, -0.05) is 17.3 Å². The summed E-state index contributed by atoms with van der Waals surface area (Å²) in [5, 5.41) is 9.85. The molecule has 0 spiro atoms. The molecule has 0 radical (unpaired) electrons. The smallest absolute Gasteiger partial charge is 0.240 e. The van der Waals surface area contributed by atoms with Gasteiger partial charge in [0.1, 0.15) is 5.75 Å². The van der Waals surface area contributed by atoms with E-state index in [4.69, 9.17) is 14.0 Å². The third-order valence-corrected chi connectivity index (χ3v) is 3.88. The SMILES string of the molecule is COc1ccccc1NC(=O)Cc1noc(CNCC2CCCO2)n1. The number of amides is 1. The fourth-order valence-corrected chi connectivity index (χ4v) is 2.67. The van der Waals surface area contributed by atoms with Crippen molar-refractivity contribution in [3.05, 3.63) is 36.0 Å². The van der Waals surface area contributed by atoms with Gasteiger partial charge >= 0.3 is 0 Å². The van der Waals surface area contributed by atoms with Crippen LogP contribution in [-0.4, -0.2) is 42.4 Å². The maximum atomic E-state index is 12.1. The molecule has 3 rings (SSSR count). The topological polar surface area (TPSA) is 98.5 Å². The number of carbonyl (C=O) groups excluding carboxylic acids is 1. The lowest BCUT2D eigenvalue weighted by molar-refractivity contribution is -0.115. The van der Waals surface area contributed by atoms with E-state index in [1.165, 1.54) is 0 Å². The summed E-state index contributed by atoms with van der Waals surface area (Å²) >= 11 is 0. The van der Waals surface area contributed by atoms with Gasteiger partial charge in [0.2, 0.25) is 11.8 Å². The van der Waals surface area contributed by atoms with Crippen molar-refractivity contribution in [2.45, 2.75) is 31.9 Å². The molecule has 2 N–H and O–H groups in total. The number of carbonyl (C=O) groups is 1. The molecule has 1 aromatic carbocycles. The quantitative estimate of drug-likeness (QED) is 0.748. The van der Waals surface area contributed by atoms with E-state index in [0.717, 1.165) is 26.0 Å². The van der Waals surface area contributed by atoms with Crippen molar-refractivity contribution in [1.29, 1.82) is 0 Å². The van der Waals surface area contributed by atoms with Crippen molar-refractivity contribution in [1.82, 2.24) is 15.5 Å². The molecule has 0 bridgehead atoms. The van der Waals surface area contributed by atoms with Crippen molar-refractivity contribution in [2.24, 2.45) is 0 Å². The lowest BCUT2D eigenvalue weighted by Gasteiger charge is -2.08. The lowest BCUT2D eigenvalue weighted by Crippen LogP contribution is -2.25. The molecule has 1 unspecified atom stereocenters. The van der Waals surface area contributed by atoms with Gasteiger partial charge in [-0.2, -0.15) is 4.98 Å². The molecule has 2 aromatic rings. The highest BCUT2D eigenvalue weighted by Gasteiger charge is 2.16. The molecule has 1 aliphatic heterocycles. The Kier molecular flexibility index (Phi) is 5.97. The van der Waals surface area contributed by atoms with Crippen LogP contribution in [0, 0.1) is 0 Å². The van der Waals surface area contributed by atoms with Crippen LogP contribution >= 0.6 is 0 Å². The van der Waals surface area contributed by atoms with E-state index in [1.54, 1.807) is 19.2 Å². The largest absolute Gasteiger partial charge is 0.495 e. The lowest BCUT2D eigenvalue weighted by atomic mass is 10.2. The number of nitrogens with zero attached hydrogens (tertiary/aromatic N) is 2. The van der Waals surface area contributed by atoms with Gasteiger partial charge < -0.3 is 24.6 Å². The van der Waals surface area contributed by atoms with Gasteiger partial charge in [-0.05, 0) is 25.0 Å². The highest BCUT2D eigenvalue weighted by atomic mass is 16.5. The van der Waals surface area contributed by atoms with E-state index < -0.39 is 0 Å². The van der Waals surface area contributed by atoms with Crippen LogP contribution in [-0.2, 0) is 22.5 Å². The van der Waals surface area contributed by atoms with Gasteiger partial charge in [-0.25, -0.2) is 0 Å². The number of methoxy groups -OCH3 is 1. The average Bonchev–Trinajstić information content (AvgIpc) is 3.27. The van der Waals surface area contributed by atoms with Gasteiger partial charge in [-0.15, -0.1) is 0 Å². The number of para-hydroxylation sites is 2. The summed E-state index contributed by atoms with van der Waals surface area (Å²) < 4.78 is 15.9. The molecular formula is C17H22N4O4. The first-order chi connectivity index (χ1) is 12.2. The fraction of sp³-hybridized carbons (Fsp3) is 0.471. The summed E-state index contributed by atoms with van der Waals surface area (Å²) in [5.41, 5.74) is 0.608. The molecule has 134 valence electrons. The van der Waals surface area contributed by atoms with E-state index in [1.807, 2.05) is 12.1 Å². The van der Waals surface area contributed by atoms with Crippen molar-refractivity contribution in [3.63, 3.8) is 0 Å². The first-order valence-electron chi connectivity index (χ1n) is 8.31. The molecule has 0 aliphatic carbocycles. The second-order valence-electron chi connectivity index (χ2n) is 5.80. The summed E-state index contributed by atoms with van der Waals surface area (Å²) in [6, 6.07) is 7.21. The van der Waals surface area contributed by atoms with Crippen LogP contribution in [0.2, 0.25) is 0 Å². The number of rotatable bonds is 8. The molecule has 1 atom stereocenters. The number of benzene rings is 1. The molecule has 1 aliphatic rings. The number of hydrogen-bond donors (Lipinski definition) is 2. The molecule has 25 heavy (non-hydrogen) atoms. The van der Waals surface area contributed by atoms with Crippen molar-refractivity contribution < 1.29 is 18.8 Å². The average molecular weight is 346 g/mol. The molecule has 8 nitrogen and oxygen atoms in total. The van der Waals surface area contributed by atoms with E-state index in [-0.39, 0.29) is 18.4 Å². The Balaban J connectivity index is 1.46. The first-order valence-corrected chi connectivity index (χ1v) is 8.31. The molecule has 0 saturated carbocycles. The predicted octanol–water partition coefficient (Wildman–Crippen LogP) is 1.53. The van der Waals surface area contributed by atoms with E-state index in [0.29, 0.717) is 29.7 Å². The number of anilines is 1. The standard InChI is InChI=1S/C17H22N4O4/c1-23-14-7-3-2-6-13(14)19-16(22)9-15-20-17(25-21-15)11-18-10-12-5-4-8-24-12/h2-3,6-7,12,18H,4-5,8-11H2,1H3,(H,19,22). The molecule has 1 amide bonds. The number of nitrogens with one attached hydrogen (secondary N) is 2. The second-order valence-corrected chi connectivity index (χ2v) is 5.80. The highest BCUT2D eigenvalue weighted by Crippen LogP contribution is 2.23. The molecule has 8 heteroatoms. The number of ether oxygens (including phenoxy) is 2. The summed E-state index contributed by atoms with van der Waals surface area (Å²) in [5.74, 6) is 1.17. The molecule has 1 saturated heterocycles. The zero-order chi connectivity index (χ0) is 17.5. The molecular weight excluding hydrogens is 324 g/mol. The van der Waals surface area contributed by atoms with Crippen LogP contribution in [0.1, 0.15) is 24.6 Å². The van der Waals surface area contributed by atoms with Gasteiger partial charge in [0.05, 0.1) is 31.9 Å². The van der Waals surface area contributed by atoms with Crippen LogP contribution in [0.4, 0.5) is 5.69 Å². The Hall–Kier alpha value is -2.45. The Labute approximate surface area is 145 Å². The monoisotopic (exact) mass is 346 g/mol. The number of aromatic nitrogens is 2. The maximum absolute atomic E-state index is 12.1. The van der Waals surface area contributed by atoms with Gasteiger partial charge in [0.15, 0.2) is 5.82 Å². The first kappa shape index (κ1) is 17.4.